The Bertz CT molecular complexity index is 558. The third-order valence-corrected chi connectivity index (χ3v) is 4.87. The van der Waals surface area contributed by atoms with Gasteiger partial charge in [0.1, 0.15) is 10.8 Å². The Labute approximate surface area is 125 Å². The number of aromatic nitrogens is 1. The van der Waals surface area contributed by atoms with Crippen molar-refractivity contribution in [2.45, 2.75) is 27.7 Å². The molecule has 2 aromatic rings. The van der Waals surface area contributed by atoms with Gasteiger partial charge in [-0.05, 0) is 28.4 Å². The molecule has 0 spiro atoms. The summed E-state index contributed by atoms with van der Waals surface area (Å²) in [7, 11) is 0. The first-order valence-electron chi connectivity index (χ1n) is 6.96. The van der Waals surface area contributed by atoms with E-state index in [4.69, 9.17) is 5.73 Å². The predicted octanol–water partition coefficient (Wildman–Crippen LogP) is 4.49. The molecule has 0 bridgehead atoms. The molecule has 1 heterocycles. The Morgan fingerprint density at radius 2 is 1.90 bits per heavy atom. The zero-order chi connectivity index (χ0) is 14.8. The molecule has 1 aromatic heterocycles. The van der Waals surface area contributed by atoms with E-state index < -0.39 is 0 Å². The molecule has 2 rings (SSSR count). The fourth-order valence-corrected chi connectivity index (χ4v) is 2.55. The standard InChI is InChI=1S/C16H23N3S/c1-11(2)16(3,4)10-18-15-13(14(17)19-20-15)12-8-6-5-7-9-12/h5-9,11,18H,10H2,1-4H3,(H2,17,19). The van der Waals surface area contributed by atoms with Crippen molar-refractivity contribution in [1.29, 1.82) is 0 Å². The molecule has 108 valence electrons. The number of rotatable bonds is 5. The van der Waals surface area contributed by atoms with E-state index in [1.54, 1.807) is 0 Å². The summed E-state index contributed by atoms with van der Waals surface area (Å²) in [5.41, 5.74) is 8.40. The number of nitrogens with one attached hydrogen (secondary N) is 1. The molecule has 20 heavy (non-hydrogen) atoms. The summed E-state index contributed by atoms with van der Waals surface area (Å²) >= 11 is 1.44. The van der Waals surface area contributed by atoms with Crippen LogP contribution in [0.4, 0.5) is 10.8 Å². The highest BCUT2D eigenvalue weighted by molar-refractivity contribution is 7.11. The Hall–Kier alpha value is -1.55. The van der Waals surface area contributed by atoms with Crippen molar-refractivity contribution >= 4 is 22.4 Å². The Balaban J connectivity index is 2.23. The Morgan fingerprint density at radius 3 is 2.50 bits per heavy atom. The molecule has 0 aliphatic carbocycles. The molecule has 4 heteroatoms. The molecular weight excluding hydrogens is 266 g/mol. The van der Waals surface area contributed by atoms with E-state index in [1.165, 1.54) is 11.5 Å². The van der Waals surface area contributed by atoms with Crippen molar-refractivity contribution in [3.05, 3.63) is 30.3 Å². The lowest BCUT2D eigenvalue weighted by molar-refractivity contribution is 0.270. The number of nitrogens with two attached hydrogens (primary N) is 1. The molecular formula is C16H23N3S. The molecule has 0 unspecified atom stereocenters. The van der Waals surface area contributed by atoms with Crippen molar-refractivity contribution in [3.63, 3.8) is 0 Å². The van der Waals surface area contributed by atoms with Gasteiger partial charge in [-0.15, -0.1) is 0 Å². The first-order chi connectivity index (χ1) is 9.42. The van der Waals surface area contributed by atoms with Crippen LogP contribution in [0.25, 0.3) is 11.1 Å². The summed E-state index contributed by atoms with van der Waals surface area (Å²) in [5.74, 6) is 1.21. The van der Waals surface area contributed by atoms with Gasteiger partial charge in [0, 0.05) is 6.54 Å². The van der Waals surface area contributed by atoms with Crippen LogP contribution in [0, 0.1) is 11.3 Å². The highest BCUT2D eigenvalue weighted by Crippen LogP contribution is 2.37. The van der Waals surface area contributed by atoms with Crippen LogP contribution in [0.15, 0.2) is 30.3 Å². The van der Waals surface area contributed by atoms with Gasteiger partial charge in [0.15, 0.2) is 0 Å². The van der Waals surface area contributed by atoms with E-state index >= 15 is 0 Å². The van der Waals surface area contributed by atoms with E-state index in [-0.39, 0.29) is 5.41 Å². The number of anilines is 2. The van der Waals surface area contributed by atoms with Crippen LogP contribution in [0.1, 0.15) is 27.7 Å². The highest BCUT2D eigenvalue weighted by Gasteiger charge is 2.23. The topological polar surface area (TPSA) is 50.9 Å². The van der Waals surface area contributed by atoms with Crippen LogP contribution < -0.4 is 11.1 Å². The van der Waals surface area contributed by atoms with Crippen molar-refractivity contribution in [1.82, 2.24) is 4.37 Å². The molecule has 0 radical (unpaired) electrons. The lowest BCUT2D eigenvalue weighted by atomic mass is 9.81. The fraction of sp³-hybridized carbons (Fsp3) is 0.438. The van der Waals surface area contributed by atoms with Gasteiger partial charge in [-0.3, -0.25) is 0 Å². The van der Waals surface area contributed by atoms with Gasteiger partial charge in [-0.2, -0.15) is 4.37 Å². The van der Waals surface area contributed by atoms with Gasteiger partial charge in [0.25, 0.3) is 0 Å². The van der Waals surface area contributed by atoms with Crippen LogP contribution in [-0.2, 0) is 0 Å². The molecule has 1 aromatic carbocycles. The minimum Gasteiger partial charge on any atom is -0.382 e. The summed E-state index contributed by atoms with van der Waals surface area (Å²) in [4.78, 5) is 0. The second kappa shape index (κ2) is 5.83. The maximum atomic E-state index is 6.03. The van der Waals surface area contributed by atoms with E-state index in [0.29, 0.717) is 11.7 Å². The second-order valence-corrected chi connectivity index (χ2v) is 6.91. The third kappa shape index (κ3) is 3.12. The van der Waals surface area contributed by atoms with Crippen molar-refractivity contribution in [2.75, 3.05) is 17.6 Å². The number of benzene rings is 1. The average Bonchev–Trinajstić information content (AvgIpc) is 2.78. The molecule has 3 N–H and O–H groups in total. The molecule has 0 atom stereocenters. The van der Waals surface area contributed by atoms with E-state index in [0.717, 1.165) is 22.7 Å². The van der Waals surface area contributed by atoms with Crippen LogP contribution >= 0.6 is 11.5 Å². The molecule has 0 amide bonds. The van der Waals surface area contributed by atoms with Crippen LogP contribution in [-0.4, -0.2) is 10.9 Å². The number of hydrogen-bond donors (Lipinski definition) is 2. The largest absolute Gasteiger partial charge is 0.382 e. The molecule has 0 saturated carbocycles. The van der Waals surface area contributed by atoms with Crippen molar-refractivity contribution < 1.29 is 0 Å². The minimum absolute atomic E-state index is 0.229. The summed E-state index contributed by atoms with van der Waals surface area (Å²) < 4.78 is 4.30. The van der Waals surface area contributed by atoms with Crippen LogP contribution in [0.5, 0.6) is 0 Å². The molecule has 3 nitrogen and oxygen atoms in total. The highest BCUT2D eigenvalue weighted by atomic mass is 32.1. The van der Waals surface area contributed by atoms with Crippen molar-refractivity contribution in [3.8, 4) is 11.1 Å². The zero-order valence-electron chi connectivity index (χ0n) is 12.6. The number of nitrogens with zero attached hydrogens (tertiary/aromatic N) is 1. The SMILES string of the molecule is CC(C)C(C)(C)CNc1snc(N)c1-c1ccccc1. The summed E-state index contributed by atoms with van der Waals surface area (Å²) in [5, 5.41) is 4.59. The van der Waals surface area contributed by atoms with Gasteiger partial charge in [-0.25, -0.2) is 0 Å². The summed E-state index contributed by atoms with van der Waals surface area (Å²) in [6, 6.07) is 10.2. The summed E-state index contributed by atoms with van der Waals surface area (Å²) in [6.45, 7) is 9.96. The monoisotopic (exact) mass is 289 g/mol. The normalized spacial score (nSPS) is 11.8. The third-order valence-electron chi connectivity index (χ3n) is 4.05. The van der Waals surface area contributed by atoms with E-state index in [2.05, 4.69) is 49.5 Å². The smallest absolute Gasteiger partial charge is 0.147 e. The molecule has 0 saturated heterocycles. The fourth-order valence-electron chi connectivity index (χ4n) is 1.82. The van der Waals surface area contributed by atoms with Gasteiger partial charge in [0.2, 0.25) is 0 Å². The maximum absolute atomic E-state index is 6.03. The maximum Gasteiger partial charge on any atom is 0.147 e. The van der Waals surface area contributed by atoms with E-state index in [1.807, 2.05) is 18.2 Å². The van der Waals surface area contributed by atoms with Crippen LogP contribution in [0.2, 0.25) is 0 Å². The lowest BCUT2D eigenvalue weighted by Gasteiger charge is -2.29. The minimum atomic E-state index is 0.229. The summed E-state index contributed by atoms with van der Waals surface area (Å²) in [6.07, 6.45) is 0. The Kier molecular flexibility index (Phi) is 4.33. The average molecular weight is 289 g/mol. The molecule has 0 aliphatic heterocycles. The van der Waals surface area contributed by atoms with Gasteiger partial charge in [-0.1, -0.05) is 58.0 Å². The predicted molar refractivity (Wildman–Crippen MR) is 89.1 cm³/mol. The number of nitrogen functional groups attached to an aromatic ring is 1. The molecule has 0 aliphatic rings. The van der Waals surface area contributed by atoms with Gasteiger partial charge in [0.05, 0.1) is 5.56 Å². The number of hydrogen-bond acceptors (Lipinski definition) is 4. The molecule has 0 fully saturated rings. The second-order valence-electron chi connectivity index (χ2n) is 6.13. The quantitative estimate of drug-likeness (QED) is 0.853. The zero-order valence-corrected chi connectivity index (χ0v) is 13.4. The lowest BCUT2D eigenvalue weighted by Crippen LogP contribution is -2.28. The van der Waals surface area contributed by atoms with Crippen LogP contribution in [0.3, 0.4) is 0 Å². The Morgan fingerprint density at radius 1 is 1.25 bits per heavy atom. The van der Waals surface area contributed by atoms with E-state index in [9.17, 15) is 0 Å². The van der Waals surface area contributed by atoms with Gasteiger partial charge < -0.3 is 11.1 Å². The van der Waals surface area contributed by atoms with Crippen molar-refractivity contribution in [2.24, 2.45) is 11.3 Å². The first kappa shape index (κ1) is 14.9. The van der Waals surface area contributed by atoms with Gasteiger partial charge >= 0.3 is 0 Å². The first-order valence-corrected chi connectivity index (χ1v) is 7.73.